The van der Waals surface area contributed by atoms with Gasteiger partial charge < -0.3 is 9.64 Å². The Labute approximate surface area is 201 Å². The number of morpholine rings is 1. The third-order valence-corrected chi connectivity index (χ3v) is 6.17. The molecule has 9 nitrogen and oxygen atoms in total. The Kier molecular flexibility index (Phi) is 7.24. The topological polar surface area (TPSA) is 90.4 Å². The van der Waals surface area contributed by atoms with Crippen molar-refractivity contribution in [1.29, 1.82) is 0 Å². The summed E-state index contributed by atoms with van der Waals surface area (Å²) in [5.74, 6) is -1.66. The molecule has 0 radical (unpaired) electrons. The smallest absolute Gasteiger partial charge is 0.378 e. The molecule has 0 bridgehead atoms. The van der Waals surface area contributed by atoms with Crippen molar-refractivity contribution >= 4 is 35.5 Å². The minimum atomic E-state index is -4.80. The van der Waals surface area contributed by atoms with Crippen LogP contribution in [0.25, 0.3) is 5.69 Å². The molecule has 0 unspecified atom stereocenters. The van der Waals surface area contributed by atoms with Crippen molar-refractivity contribution in [3.63, 3.8) is 0 Å². The number of benzene rings is 1. The van der Waals surface area contributed by atoms with Crippen LogP contribution in [-0.2, 0) is 15.7 Å². The second-order valence-corrected chi connectivity index (χ2v) is 8.48. The van der Waals surface area contributed by atoms with Gasteiger partial charge in [-0.3, -0.25) is 4.79 Å². The lowest BCUT2D eigenvalue weighted by atomic mass is 10.3. The average Bonchev–Trinajstić information content (AvgIpc) is 3.37. The lowest BCUT2D eigenvalue weighted by molar-refractivity contribution is -0.147. The molecule has 1 fully saturated rings. The summed E-state index contributed by atoms with van der Waals surface area (Å²) in [5, 5.41) is 15.2. The maximum atomic E-state index is 13.5. The number of hydrogen-bond acceptors (Lipinski definition) is 7. The molecular weight excluding hydrogens is 495 g/mol. The molecule has 0 N–H and O–H groups in total. The number of para-hydroxylation sites is 1. The number of alkyl halides is 3. The number of aryl methyl sites for hydroxylation is 1. The molecule has 2 aromatic heterocycles. The van der Waals surface area contributed by atoms with E-state index in [-0.39, 0.29) is 22.0 Å². The summed E-state index contributed by atoms with van der Waals surface area (Å²) in [6.07, 6.45) is -3.62. The van der Waals surface area contributed by atoms with Gasteiger partial charge in [0, 0.05) is 13.1 Å². The van der Waals surface area contributed by atoms with Crippen molar-refractivity contribution in [1.82, 2.24) is 29.6 Å². The van der Waals surface area contributed by atoms with Crippen LogP contribution < -0.4 is 0 Å². The molecule has 0 aliphatic carbocycles. The third kappa shape index (κ3) is 5.26. The second kappa shape index (κ2) is 10.2. The van der Waals surface area contributed by atoms with Gasteiger partial charge in [0.1, 0.15) is 5.15 Å². The highest BCUT2D eigenvalue weighted by molar-refractivity contribution is 7.99. The molecule has 1 aliphatic rings. The second-order valence-electron chi connectivity index (χ2n) is 7.18. The monoisotopic (exact) mass is 513 g/mol. The van der Waals surface area contributed by atoms with Gasteiger partial charge in [0.15, 0.2) is 0 Å². The Morgan fingerprint density at radius 2 is 1.94 bits per heavy atom. The van der Waals surface area contributed by atoms with E-state index >= 15 is 0 Å². The summed E-state index contributed by atoms with van der Waals surface area (Å²) < 4.78 is 47.8. The Morgan fingerprint density at radius 3 is 2.62 bits per heavy atom. The van der Waals surface area contributed by atoms with Crippen molar-refractivity contribution in [3.8, 4) is 5.69 Å². The summed E-state index contributed by atoms with van der Waals surface area (Å²) in [6.45, 7) is 3.38. The van der Waals surface area contributed by atoms with Crippen LogP contribution in [-0.4, -0.2) is 73.7 Å². The van der Waals surface area contributed by atoms with E-state index in [1.165, 1.54) is 10.9 Å². The van der Waals surface area contributed by atoms with Gasteiger partial charge in [-0.15, -0.1) is 10.2 Å². The summed E-state index contributed by atoms with van der Waals surface area (Å²) >= 11 is 7.26. The fourth-order valence-electron chi connectivity index (χ4n) is 3.18. The molecule has 0 atom stereocenters. The number of aromatic nitrogens is 5. The molecular formula is C20H19ClF3N7O2S. The zero-order valence-electron chi connectivity index (χ0n) is 17.9. The van der Waals surface area contributed by atoms with Crippen molar-refractivity contribution in [2.75, 3.05) is 32.1 Å². The Morgan fingerprint density at radius 1 is 1.24 bits per heavy atom. The van der Waals surface area contributed by atoms with Crippen molar-refractivity contribution in [2.45, 2.75) is 18.3 Å². The van der Waals surface area contributed by atoms with Crippen LogP contribution in [0, 0.1) is 6.92 Å². The number of rotatable bonds is 6. The first-order valence-electron chi connectivity index (χ1n) is 10.1. The number of carbonyl (C=O) groups excluding carboxylic acids is 1. The van der Waals surface area contributed by atoms with Crippen LogP contribution in [0.5, 0.6) is 0 Å². The van der Waals surface area contributed by atoms with Gasteiger partial charge in [-0.1, -0.05) is 41.6 Å². The lowest BCUT2D eigenvalue weighted by Crippen LogP contribution is -2.41. The highest BCUT2D eigenvalue weighted by Crippen LogP contribution is 2.31. The van der Waals surface area contributed by atoms with Crippen LogP contribution in [0.4, 0.5) is 13.2 Å². The molecule has 0 saturated carbocycles. The van der Waals surface area contributed by atoms with E-state index in [0.717, 1.165) is 11.8 Å². The first-order chi connectivity index (χ1) is 16.3. The number of carbonyl (C=O) groups is 1. The Balaban J connectivity index is 1.60. The highest BCUT2D eigenvalue weighted by atomic mass is 35.5. The number of thioether (sulfide) groups is 1. The molecule has 3 heterocycles. The fourth-order valence-corrected chi connectivity index (χ4v) is 4.29. The number of halogens is 4. The van der Waals surface area contributed by atoms with Crippen LogP contribution in [0.2, 0.25) is 5.15 Å². The van der Waals surface area contributed by atoms with E-state index in [4.69, 9.17) is 16.3 Å². The van der Waals surface area contributed by atoms with E-state index in [9.17, 15) is 18.0 Å². The molecule has 0 spiro atoms. The molecule has 180 valence electrons. The van der Waals surface area contributed by atoms with Crippen LogP contribution >= 0.6 is 23.4 Å². The van der Waals surface area contributed by atoms with E-state index in [0.29, 0.717) is 47.9 Å². The van der Waals surface area contributed by atoms with E-state index in [2.05, 4.69) is 20.4 Å². The van der Waals surface area contributed by atoms with Gasteiger partial charge >= 0.3 is 6.18 Å². The molecule has 1 aromatic carbocycles. The number of nitrogens with zero attached hydrogens (tertiary/aromatic N) is 7. The highest BCUT2D eigenvalue weighted by Gasteiger charge is 2.39. The van der Waals surface area contributed by atoms with Gasteiger partial charge in [-0.25, -0.2) is 4.68 Å². The zero-order valence-corrected chi connectivity index (χ0v) is 19.4. The summed E-state index contributed by atoms with van der Waals surface area (Å²) in [5.41, 5.74) is 1.50. The third-order valence-electron chi connectivity index (χ3n) is 4.91. The normalized spacial score (nSPS) is 14.8. The minimum absolute atomic E-state index is 0.114. The Hall–Kier alpha value is -2.90. The molecule has 1 saturated heterocycles. The van der Waals surface area contributed by atoms with Crippen LogP contribution in [0.3, 0.4) is 0 Å². The van der Waals surface area contributed by atoms with Crippen molar-refractivity contribution in [2.24, 2.45) is 5.10 Å². The molecule has 34 heavy (non-hydrogen) atoms. The summed E-state index contributed by atoms with van der Waals surface area (Å²) in [7, 11) is 0. The van der Waals surface area contributed by atoms with E-state index < -0.39 is 12.0 Å². The number of hydrogen-bond donors (Lipinski definition) is 0. The molecule has 1 aliphatic heterocycles. The quantitative estimate of drug-likeness (QED) is 0.371. The van der Waals surface area contributed by atoms with E-state index in [1.54, 1.807) is 24.0 Å². The van der Waals surface area contributed by atoms with Gasteiger partial charge in [-0.05, 0) is 19.1 Å². The van der Waals surface area contributed by atoms with Gasteiger partial charge in [0.2, 0.25) is 11.1 Å². The van der Waals surface area contributed by atoms with Crippen LogP contribution in [0.15, 0.2) is 40.6 Å². The first kappa shape index (κ1) is 24.2. The van der Waals surface area contributed by atoms with Gasteiger partial charge in [0.25, 0.3) is 5.82 Å². The maximum absolute atomic E-state index is 13.5. The molecule has 3 aromatic rings. The minimum Gasteiger partial charge on any atom is -0.378 e. The van der Waals surface area contributed by atoms with E-state index in [1.807, 2.05) is 18.2 Å². The lowest BCUT2D eigenvalue weighted by Gasteiger charge is -2.26. The Bertz CT molecular complexity index is 1190. The first-order valence-corrected chi connectivity index (χ1v) is 11.5. The fraction of sp³-hybridized carbons (Fsp3) is 0.350. The summed E-state index contributed by atoms with van der Waals surface area (Å²) in [4.78, 5) is 14.0. The summed E-state index contributed by atoms with van der Waals surface area (Å²) in [6, 6.07) is 9.04. The SMILES string of the molecule is Cc1nn(-c2ccccc2)c(Cl)c1/C=N/n1c(SCC(=O)N2CCOCC2)nnc1C(F)(F)F. The van der Waals surface area contributed by atoms with Crippen molar-refractivity contribution < 1.29 is 22.7 Å². The number of ether oxygens (including phenoxy) is 1. The molecule has 1 amide bonds. The predicted octanol–water partition coefficient (Wildman–Crippen LogP) is 3.28. The van der Waals surface area contributed by atoms with Gasteiger partial charge in [-0.2, -0.15) is 28.0 Å². The zero-order chi connectivity index (χ0) is 24.3. The number of amides is 1. The maximum Gasteiger partial charge on any atom is 0.453 e. The largest absolute Gasteiger partial charge is 0.453 e. The molecule has 4 rings (SSSR count). The van der Waals surface area contributed by atoms with Gasteiger partial charge in [0.05, 0.1) is 42.1 Å². The average molecular weight is 514 g/mol. The molecule has 14 heteroatoms. The predicted molar refractivity (Wildman–Crippen MR) is 119 cm³/mol. The van der Waals surface area contributed by atoms with Crippen molar-refractivity contribution in [3.05, 3.63) is 52.6 Å². The standard InChI is InChI=1S/C20H19ClF3N7O2S/c1-13-15(17(21)30(28-13)14-5-3-2-4-6-14)11-25-31-18(20(22,23)24)26-27-19(31)34-12-16(32)29-7-9-33-10-8-29/h2-6,11H,7-10,12H2,1H3/b25-11+. The van der Waals surface area contributed by atoms with Crippen LogP contribution in [0.1, 0.15) is 17.1 Å².